The highest BCUT2D eigenvalue weighted by Crippen LogP contribution is 2.24. The molecule has 1 fully saturated rings. The van der Waals surface area contributed by atoms with Crippen molar-refractivity contribution in [2.75, 3.05) is 46.6 Å². The monoisotopic (exact) mass is 378 g/mol. The second-order valence-electron chi connectivity index (χ2n) is 6.83. The van der Waals surface area contributed by atoms with Gasteiger partial charge in [0.25, 0.3) is 0 Å². The molecule has 152 valence electrons. The first kappa shape index (κ1) is 21.4. The summed E-state index contributed by atoms with van der Waals surface area (Å²) in [6.45, 7) is 11.5. The van der Waals surface area contributed by atoms with Gasteiger partial charge in [0.1, 0.15) is 5.75 Å². The predicted molar refractivity (Wildman–Crippen MR) is 107 cm³/mol. The lowest BCUT2D eigenvalue weighted by Gasteiger charge is -2.14. The molecular weight excluding hydrogens is 344 g/mol. The molecule has 2 N–H and O–H groups in total. The van der Waals surface area contributed by atoms with Crippen LogP contribution < -0.4 is 15.4 Å². The van der Waals surface area contributed by atoms with Crippen molar-refractivity contribution in [1.29, 1.82) is 0 Å². The molecule has 27 heavy (non-hydrogen) atoms. The van der Waals surface area contributed by atoms with Crippen LogP contribution in [0.15, 0.2) is 11.2 Å². The van der Waals surface area contributed by atoms with Crippen molar-refractivity contribution in [2.24, 2.45) is 10.9 Å². The lowest BCUT2D eigenvalue weighted by molar-refractivity contribution is 0.0888. The van der Waals surface area contributed by atoms with Gasteiger partial charge in [-0.15, -0.1) is 0 Å². The zero-order valence-electron chi connectivity index (χ0n) is 17.1. The number of rotatable bonds is 10. The van der Waals surface area contributed by atoms with E-state index < -0.39 is 0 Å². The largest absolute Gasteiger partial charge is 0.496 e. The maximum Gasteiger partial charge on any atom is 0.191 e. The number of ether oxygens (including phenoxy) is 3. The summed E-state index contributed by atoms with van der Waals surface area (Å²) < 4.78 is 16.6. The number of aliphatic imine (C=N–C) groups is 1. The number of guanidine groups is 1. The normalized spacial score (nSPS) is 17.2. The predicted octanol–water partition coefficient (Wildman–Crippen LogP) is 2.21. The number of methoxy groups -OCH3 is 1. The van der Waals surface area contributed by atoms with Crippen LogP contribution in [0.25, 0.3) is 0 Å². The molecule has 0 saturated carbocycles. The number of nitrogens with zero attached hydrogens (tertiary/aromatic N) is 2. The zero-order valence-corrected chi connectivity index (χ0v) is 17.1. The van der Waals surface area contributed by atoms with Crippen LogP contribution in [-0.2, 0) is 16.0 Å². The first-order chi connectivity index (χ1) is 13.2. The maximum atomic E-state index is 5.74. The molecule has 7 nitrogen and oxygen atoms in total. The van der Waals surface area contributed by atoms with E-state index in [9.17, 15) is 0 Å². The van der Waals surface area contributed by atoms with Crippen molar-refractivity contribution in [3.63, 3.8) is 0 Å². The van der Waals surface area contributed by atoms with Crippen LogP contribution in [0.3, 0.4) is 0 Å². The second-order valence-corrected chi connectivity index (χ2v) is 6.83. The molecular formula is C20H34N4O3. The SMILES string of the molecule is CCNC(=NCc1ncc(C)c(OC)c1C)NCCCOCC1CCOC1. The van der Waals surface area contributed by atoms with E-state index in [1.807, 2.05) is 20.0 Å². The van der Waals surface area contributed by atoms with Gasteiger partial charge in [-0.1, -0.05) is 0 Å². The van der Waals surface area contributed by atoms with Crippen LogP contribution in [0.2, 0.25) is 0 Å². The Balaban J connectivity index is 1.76. The van der Waals surface area contributed by atoms with Gasteiger partial charge in [0.2, 0.25) is 0 Å². The van der Waals surface area contributed by atoms with Gasteiger partial charge < -0.3 is 24.8 Å². The molecule has 0 aliphatic carbocycles. The van der Waals surface area contributed by atoms with Crippen LogP contribution in [-0.4, -0.2) is 57.6 Å². The minimum atomic E-state index is 0.510. The van der Waals surface area contributed by atoms with E-state index in [2.05, 4.69) is 27.5 Å². The number of hydrogen-bond donors (Lipinski definition) is 2. The summed E-state index contributed by atoms with van der Waals surface area (Å²) in [5.41, 5.74) is 3.01. The minimum absolute atomic E-state index is 0.510. The molecule has 1 atom stereocenters. The quantitative estimate of drug-likeness (QED) is 0.369. The molecule has 1 aliphatic rings. The van der Waals surface area contributed by atoms with Crippen LogP contribution in [0.4, 0.5) is 0 Å². The van der Waals surface area contributed by atoms with Gasteiger partial charge in [-0.2, -0.15) is 0 Å². The van der Waals surface area contributed by atoms with Gasteiger partial charge in [-0.25, -0.2) is 4.99 Å². The van der Waals surface area contributed by atoms with Crippen molar-refractivity contribution in [3.05, 3.63) is 23.0 Å². The molecule has 1 saturated heterocycles. The number of aromatic nitrogens is 1. The van der Waals surface area contributed by atoms with Gasteiger partial charge in [0.05, 0.1) is 32.6 Å². The Kier molecular flexibility index (Phi) is 9.35. The summed E-state index contributed by atoms with van der Waals surface area (Å²) in [5, 5.41) is 6.62. The summed E-state index contributed by atoms with van der Waals surface area (Å²) in [4.78, 5) is 9.15. The first-order valence-corrected chi connectivity index (χ1v) is 9.82. The number of nitrogens with one attached hydrogen (secondary N) is 2. The lowest BCUT2D eigenvalue weighted by atomic mass is 10.1. The third-order valence-electron chi connectivity index (χ3n) is 4.62. The fourth-order valence-electron chi connectivity index (χ4n) is 3.07. The average molecular weight is 379 g/mol. The Morgan fingerprint density at radius 3 is 2.93 bits per heavy atom. The highest BCUT2D eigenvalue weighted by molar-refractivity contribution is 5.79. The summed E-state index contributed by atoms with van der Waals surface area (Å²) in [5.74, 6) is 2.25. The third kappa shape index (κ3) is 6.99. The van der Waals surface area contributed by atoms with Crippen LogP contribution in [0.1, 0.15) is 36.6 Å². The number of aryl methyl sites for hydroxylation is 1. The fraction of sp³-hybridized carbons (Fsp3) is 0.700. The molecule has 1 aromatic heterocycles. The van der Waals surface area contributed by atoms with Crippen LogP contribution in [0, 0.1) is 19.8 Å². The van der Waals surface area contributed by atoms with Gasteiger partial charge >= 0.3 is 0 Å². The Morgan fingerprint density at radius 2 is 2.22 bits per heavy atom. The van der Waals surface area contributed by atoms with Gasteiger partial charge in [0, 0.05) is 49.5 Å². The summed E-state index contributed by atoms with van der Waals surface area (Å²) in [6, 6.07) is 0. The second kappa shape index (κ2) is 11.8. The van der Waals surface area contributed by atoms with E-state index in [4.69, 9.17) is 14.2 Å². The van der Waals surface area contributed by atoms with E-state index in [-0.39, 0.29) is 0 Å². The van der Waals surface area contributed by atoms with E-state index in [0.29, 0.717) is 12.5 Å². The fourth-order valence-corrected chi connectivity index (χ4v) is 3.07. The molecule has 0 amide bonds. The van der Waals surface area contributed by atoms with Crippen molar-refractivity contribution >= 4 is 5.96 Å². The molecule has 2 heterocycles. The molecule has 7 heteroatoms. The Labute approximate surface area is 162 Å². The van der Waals surface area contributed by atoms with Gasteiger partial charge in [-0.05, 0) is 33.6 Å². The molecule has 1 aromatic rings. The molecule has 1 aliphatic heterocycles. The highest BCUT2D eigenvalue weighted by Gasteiger charge is 2.15. The average Bonchev–Trinajstić information content (AvgIpc) is 3.17. The summed E-state index contributed by atoms with van der Waals surface area (Å²) >= 11 is 0. The number of hydrogen-bond acceptors (Lipinski definition) is 5. The topological polar surface area (TPSA) is 77.0 Å². The standard InChI is InChI=1S/C20H34N4O3/c1-5-21-20(22-8-6-9-26-13-17-7-10-27-14-17)24-12-18-16(3)19(25-4)15(2)11-23-18/h11,17H,5-10,12-14H2,1-4H3,(H2,21,22,24). The molecule has 1 unspecified atom stereocenters. The third-order valence-corrected chi connectivity index (χ3v) is 4.62. The van der Waals surface area contributed by atoms with E-state index in [0.717, 1.165) is 80.9 Å². The number of pyridine rings is 1. The first-order valence-electron chi connectivity index (χ1n) is 9.82. The molecule has 0 bridgehead atoms. The van der Waals surface area contributed by atoms with Crippen molar-refractivity contribution < 1.29 is 14.2 Å². The Hall–Kier alpha value is -1.86. The highest BCUT2D eigenvalue weighted by atomic mass is 16.5. The van der Waals surface area contributed by atoms with Crippen molar-refractivity contribution in [2.45, 2.75) is 40.2 Å². The van der Waals surface area contributed by atoms with Crippen LogP contribution >= 0.6 is 0 Å². The zero-order chi connectivity index (χ0) is 19.5. The molecule has 0 radical (unpaired) electrons. The van der Waals surface area contributed by atoms with Crippen molar-refractivity contribution in [3.8, 4) is 5.75 Å². The lowest BCUT2D eigenvalue weighted by Crippen LogP contribution is -2.38. The molecule has 2 rings (SSSR count). The molecule has 0 spiro atoms. The van der Waals surface area contributed by atoms with Gasteiger partial charge in [0.15, 0.2) is 5.96 Å². The molecule has 0 aromatic carbocycles. The Morgan fingerprint density at radius 1 is 1.37 bits per heavy atom. The Bertz CT molecular complexity index is 601. The van der Waals surface area contributed by atoms with Crippen LogP contribution in [0.5, 0.6) is 5.75 Å². The summed E-state index contributed by atoms with van der Waals surface area (Å²) in [7, 11) is 1.69. The van der Waals surface area contributed by atoms with E-state index >= 15 is 0 Å². The van der Waals surface area contributed by atoms with E-state index in [1.54, 1.807) is 7.11 Å². The smallest absolute Gasteiger partial charge is 0.191 e. The van der Waals surface area contributed by atoms with Gasteiger partial charge in [-0.3, -0.25) is 4.98 Å². The minimum Gasteiger partial charge on any atom is -0.496 e. The maximum absolute atomic E-state index is 5.74. The van der Waals surface area contributed by atoms with Crippen molar-refractivity contribution in [1.82, 2.24) is 15.6 Å². The van der Waals surface area contributed by atoms with E-state index in [1.165, 1.54) is 0 Å². The summed E-state index contributed by atoms with van der Waals surface area (Å²) in [6.07, 6.45) is 3.89.